The van der Waals surface area contributed by atoms with Crippen molar-refractivity contribution >= 4 is 0 Å². The molecule has 0 spiro atoms. The van der Waals surface area contributed by atoms with Gasteiger partial charge in [-0.15, -0.1) is 0 Å². The Kier molecular flexibility index (Phi) is 12.0. The largest absolute Gasteiger partial charge is 0.0917 e. The van der Waals surface area contributed by atoms with Gasteiger partial charge in [-0.1, -0.05) is 50.0 Å². The van der Waals surface area contributed by atoms with Crippen LogP contribution in [0, 0.1) is 0 Å². The molecule has 0 N–H and O–H groups in total. The first-order valence-electron chi connectivity index (χ1n) is 6.14. The van der Waals surface area contributed by atoms with Crippen molar-refractivity contribution in [2.45, 2.75) is 65.2 Å². The van der Waals surface area contributed by atoms with Crippen LogP contribution in [0.2, 0.25) is 0 Å². The fourth-order valence-corrected chi connectivity index (χ4v) is 1.56. The van der Waals surface area contributed by atoms with Gasteiger partial charge in [-0.3, -0.25) is 0 Å². The second kappa shape index (κ2) is 12.5. The number of hydrogen-bond donors (Lipinski definition) is 0. The van der Waals surface area contributed by atoms with E-state index in [9.17, 15) is 0 Å². The lowest BCUT2D eigenvalue weighted by Gasteiger charge is -1.98. The zero-order chi connectivity index (χ0) is 10.5. The number of allylic oxidation sites excluding steroid dienone is 4. The molecule has 0 heteroatoms. The molecule has 82 valence electrons. The van der Waals surface area contributed by atoms with E-state index >= 15 is 0 Å². The highest BCUT2D eigenvalue weighted by atomic mass is 14.0. The fourth-order valence-electron chi connectivity index (χ4n) is 1.56. The summed E-state index contributed by atoms with van der Waals surface area (Å²) in [4.78, 5) is 0. The fraction of sp³-hybridized carbons (Fsp3) is 0.714. The maximum Gasteiger partial charge on any atom is -0.0351 e. The Morgan fingerprint density at radius 1 is 0.571 bits per heavy atom. The third-order valence-corrected chi connectivity index (χ3v) is 2.46. The van der Waals surface area contributed by atoms with Crippen LogP contribution in [0.5, 0.6) is 0 Å². The lowest BCUT2D eigenvalue weighted by atomic mass is 10.1. The summed E-state index contributed by atoms with van der Waals surface area (Å²) >= 11 is 0. The van der Waals surface area contributed by atoms with Crippen molar-refractivity contribution < 1.29 is 0 Å². The molecular weight excluding hydrogens is 168 g/mol. The van der Waals surface area contributed by atoms with Gasteiger partial charge in [0.2, 0.25) is 0 Å². The van der Waals surface area contributed by atoms with Gasteiger partial charge in [-0.2, -0.15) is 0 Å². The van der Waals surface area contributed by atoms with Crippen molar-refractivity contribution in [1.82, 2.24) is 0 Å². The SMILES string of the molecule is C/C=C/CCCCCCCC/C=C/C. The maximum atomic E-state index is 2.27. The van der Waals surface area contributed by atoms with E-state index in [0.29, 0.717) is 0 Å². The molecule has 0 saturated heterocycles. The minimum Gasteiger partial charge on any atom is -0.0917 e. The van der Waals surface area contributed by atoms with E-state index in [1.165, 1.54) is 51.4 Å². The highest BCUT2D eigenvalue weighted by Crippen LogP contribution is 2.08. The molecule has 0 bridgehead atoms. The van der Waals surface area contributed by atoms with Gasteiger partial charge in [0.25, 0.3) is 0 Å². The van der Waals surface area contributed by atoms with E-state index < -0.39 is 0 Å². The van der Waals surface area contributed by atoms with Crippen molar-refractivity contribution in [2.24, 2.45) is 0 Å². The second-order valence-electron chi connectivity index (χ2n) is 3.84. The summed E-state index contributed by atoms with van der Waals surface area (Å²) in [6.45, 7) is 4.20. The van der Waals surface area contributed by atoms with Crippen LogP contribution in [-0.4, -0.2) is 0 Å². The van der Waals surface area contributed by atoms with Crippen molar-refractivity contribution in [3.8, 4) is 0 Å². The first kappa shape index (κ1) is 13.5. The minimum atomic E-state index is 1.27. The van der Waals surface area contributed by atoms with Crippen molar-refractivity contribution in [3.63, 3.8) is 0 Å². The first-order valence-corrected chi connectivity index (χ1v) is 6.14. The lowest BCUT2D eigenvalue weighted by Crippen LogP contribution is -1.79. The van der Waals surface area contributed by atoms with Crippen LogP contribution in [0.25, 0.3) is 0 Å². The molecule has 0 radical (unpaired) electrons. The molecule has 0 saturated carbocycles. The lowest BCUT2D eigenvalue weighted by molar-refractivity contribution is 0.600. The molecule has 0 aromatic heterocycles. The highest BCUT2D eigenvalue weighted by molar-refractivity contribution is 4.77. The van der Waals surface area contributed by atoms with Gasteiger partial charge < -0.3 is 0 Å². The summed E-state index contributed by atoms with van der Waals surface area (Å²) < 4.78 is 0. The molecule has 0 aromatic carbocycles. The van der Waals surface area contributed by atoms with Gasteiger partial charge in [0.05, 0.1) is 0 Å². The Balaban J connectivity index is 2.92. The molecule has 0 unspecified atom stereocenters. The van der Waals surface area contributed by atoms with Crippen LogP contribution in [0.1, 0.15) is 65.2 Å². The predicted octanol–water partition coefficient (Wildman–Crippen LogP) is 5.26. The third-order valence-electron chi connectivity index (χ3n) is 2.46. The summed E-state index contributed by atoms with van der Waals surface area (Å²) in [5.41, 5.74) is 0. The number of hydrogen-bond acceptors (Lipinski definition) is 0. The molecule has 0 fully saturated rings. The summed E-state index contributed by atoms with van der Waals surface area (Å²) in [7, 11) is 0. The van der Waals surface area contributed by atoms with Crippen LogP contribution < -0.4 is 0 Å². The van der Waals surface area contributed by atoms with Gasteiger partial charge in [0, 0.05) is 0 Å². The minimum absolute atomic E-state index is 1.27. The molecule has 0 nitrogen and oxygen atoms in total. The maximum absolute atomic E-state index is 2.27. The smallest absolute Gasteiger partial charge is 0.0351 e. The third kappa shape index (κ3) is 11.5. The number of unbranched alkanes of at least 4 members (excludes halogenated alkanes) is 7. The van der Waals surface area contributed by atoms with Crippen LogP contribution in [0.4, 0.5) is 0 Å². The summed E-state index contributed by atoms with van der Waals surface area (Å²) in [5.74, 6) is 0. The van der Waals surface area contributed by atoms with E-state index in [2.05, 4.69) is 38.2 Å². The van der Waals surface area contributed by atoms with Gasteiger partial charge in [-0.05, 0) is 39.5 Å². The van der Waals surface area contributed by atoms with Crippen LogP contribution in [-0.2, 0) is 0 Å². The normalized spacial score (nSPS) is 11.9. The summed E-state index contributed by atoms with van der Waals surface area (Å²) in [6, 6.07) is 0. The van der Waals surface area contributed by atoms with Gasteiger partial charge in [-0.25, -0.2) is 0 Å². The standard InChI is InChI=1S/C14H26/c1-3-5-7-9-11-13-14-12-10-8-6-4-2/h3-6H,7-14H2,1-2H3/b5-3+,6-4+. The van der Waals surface area contributed by atoms with Crippen LogP contribution in [0.3, 0.4) is 0 Å². The molecule has 0 aliphatic carbocycles. The van der Waals surface area contributed by atoms with Crippen LogP contribution in [0.15, 0.2) is 24.3 Å². The molecule has 0 amide bonds. The quantitative estimate of drug-likeness (QED) is 0.347. The van der Waals surface area contributed by atoms with Crippen molar-refractivity contribution in [2.75, 3.05) is 0 Å². The summed E-state index contributed by atoms with van der Waals surface area (Å²) in [5, 5.41) is 0. The highest BCUT2D eigenvalue weighted by Gasteiger charge is 1.89. The van der Waals surface area contributed by atoms with Crippen molar-refractivity contribution in [1.29, 1.82) is 0 Å². The van der Waals surface area contributed by atoms with E-state index in [4.69, 9.17) is 0 Å². The molecule has 0 rings (SSSR count). The Hall–Kier alpha value is -0.520. The molecule has 14 heavy (non-hydrogen) atoms. The van der Waals surface area contributed by atoms with Gasteiger partial charge >= 0.3 is 0 Å². The molecule has 0 atom stereocenters. The molecule has 0 aromatic rings. The topological polar surface area (TPSA) is 0 Å². The Morgan fingerprint density at radius 3 is 1.29 bits per heavy atom. The Bertz CT molecular complexity index is 124. The monoisotopic (exact) mass is 194 g/mol. The molecule has 0 aliphatic heterocycles. The van der Waals surface area contributed by atoms with E-state index in [0.717, 1.165) is 0 Å². The second-order valence-corrected chi connectivity index (χ2v) is 3.84. The Morgan fingerprint density at radius 2 is 0.929 bits per heavy atom. The summed E-state index contributed by atoms with van der Waals surface area (Å²) in [6.07, 6.45) is 19.8. The number of rotatable bonds is 9. The molecule has 0 heterocycles. The zero-order valence-corrected chi connectivity index (χ0v) is 9.97. The van der Waals surface area contributed by atoms with Gasteiger partial charge in [0.1, 0.15) is 0 Å². The van der Waals surface area contributed by atoms with E-state index in [1.807, 2.05) is 0 Å². The zero-order valence-electron chi connectivity index (χ0n) is 9.97. The molecule has 0 aliphatic rings. The van der Waals surface area contributed by atoms with Gasteiger partial charge in [0.15, 0.2) is 0 Å². The van der Waals surface area contributed by atoms with Crippen LogP contribution >= 0.6 is 0 Å². The average molecular weight is 194 g/mol. The van der Waals surface area contributed by atoms with Crippen molar-refractivity contribution in [3.05, 3.63) is 24.3 Å². The Labute approximate surface area is 90.1 Å². The van der Waals surface area contributed by atoms with E-state index in [1.54, 1.807) is 0 Å². The average Bonchev–Trinajstić information content (AvgIpc) is 2.21. The predicted molar refractivity (Wildman–Crippen MR) is 66.6 cm³/mol. The molecular formula is C14H26. The first-order chi connectivity index (χ1) is 6.91. The van der Waals surface area contributed by atoms with E-state index in [-0.39, 0.29) is 0 Å².